The number of nitrogens with one attached hydrogen (secondary N) is 1. The molecule has 2 unspecified atom stereocenters. The van der Waals surface area contributed by atoms with E-state index in [-0.39, 0.29) is 0 Å². The Kier molecular flexibility index (Phi) is 5.07. The van der Waals surface area contributed by atoms with Gasteiger partial charge in [0, 0.05) is 18.5 Å². The quantitative estimate of drug-likeness (QED) is 0.885. The molecule has 0 spiro atoms. The van der Waals surface area contributed by atoms with Crippen LogP contribution in [-0.4, -0.2) is 22.4 Å². The van der Waals surface area contributed by atoms with Crippen LogP contribution in [0.2, 0.25) is 5.02 Å². The molecule has 1 heterocycles. The third-order valence-electron chi connectivity index (χ3n) is 3.88. The molecular formula is C14H24ClN3. The first-order chi connectivity index (χ1) is 8.76. The Morgan fingerprint density at radius 2 is 2.28 bits per heavy atom. The molecular weight excluding hydrogens is 246 g/mol. The van der Waals surface area contributed by atoms with Crippen LogP contribution in [0.5, 0.6) is 0 Å². The van der Waals surface area contributed by atoms with E-state index in [2.05, 4.69) is 28.9 Å². The fourth-order valence-electron chi connectivity index (χ4n) is 3.00. The third kappa shape index (κ3) is 3.07. The van der Waals surface area contributed by atoms with Gasteiger partial charge in [0.2, 0.25) is 0 Å². The van der Waals surface area contributed by atoms with Crippen LogP contribution >= 0.6 is 11.6 Å². The molecule has 0 aliphatic heterocycles. The normalized spacial score (nSPS) is 24.4. The molecule has 3 nitrogen and oxygen atoms in total. The highest BCUT2D eigenvalue weighted by atomic mass is 35.5. The van der Waals surface area contributed by atoms with Crippen molar-refractivity contribution in [1.82, 2.24) is 15.1 Å². The van der Waals surface area contributed by atoms with E-state index in [0.717, 1.165) is 18.1 Å². The smallest absolute Gasteiger partial charge is 0.0820 e. The molecule has 1 fully saturated rings. The molecule has 0 aromatic carbocycles. The molecule has 0 amide bonds. The van der Waals surface area contributed by atoms with Gasteiger partial charge in [-0.05, 0) is 39.2 Å². The first-order valence-electron chi connectivity index (χ1n) is 7.20. The van der Waals surface area contributed by atoms with Crippen molar-refractivity contribution in [2.75, 3.05) is 6.54 Å². The van der Waals surface area contributed by atoms with Gasteiger partial charge in [0.05, 0.1) is 16.9 Å². The predicted octanol–water partition coefficient (Wildman–Crippen LogP) is 3.58. The Bertz CT molecular complexity index is 375. The van der Waals surface area contributed by atoms with Crippen molar-refractivity contribution < 1.29 is 0 Å². The number of aryl methyl sites for hydroxylation is 1. The lowest BCUT2D eigenvalue weighted by Gasteiger charge is -2.30. The van der Waals surface area contributed by atoms with E-state index in [9.17, 15) is 0 Å². The second-order valence-corrected chi connectivity index (χ2v) is 5.62. The maximum Gasteiger partial charge on any atom is 0.0820 e. The monoisotopic (exact) mass is 269 g/mol. The molecule has 0 bridgehead atoms. The summed E-state index contributed by atoms with van der Waals surface area (Å²) < 4.78 is 2.06. The number of hydrogen-bond acceptors (Lipinski definition) is 2. The van der Waals surface area contributed by atoms with Crippen LogP contribution in [-0.2, 0) is 6.54 Å². The van der Waals surface area contributed by atoms with Crippen molar-refractivity contribution in [1.29, 1.82) is 0 Å². The average molecular weight is 270 g/mol. The Morgan fingerprint density at radius 1 is 1.44 bits per heavy atom. The summed E-state index contributed by atoms with van der Waals surface area (Å²) in [5.41, 5.74) is 1.25. The van der Waals surface area contributed by atoms with Gasteiger partial charge >= 0.3 is 0 Å². The SMILES string of the molecule is CCCNC1CCCC(c2c(Cl)cnn2CC)C1. The molecule has 1 saturated carbocycles. The summed E-state index contributed by atoms with van der Waals surface area (Å²) in [5.74, 6) is 0.572. The summed E-state index contributed by atoms with van der Waals surface area (Å²) in [4.78, 5) is 0. The van der Waals surface area contributed by atoms with Crippen LogP contribution in [0, 0.1) is 0 Å². The lowest BCUT2D eigenvalue weighted by Crippen LogP contribution is -2.34. The highest BCUT2D eigenvalue weighted by molar-refractivity contribution is 6.31. The minimum atomic E-state index is 0.572. The first kappa shape index (κ1) is 13.9. The Balaban J connectivity index is 2.05. The van der Waals surface area contributed by atoms with Gasteiger partial charge < -0.3 is 5.32 Å². The van der Waals surface area contributed by atoms with Gasteiger partial charge in [0.15, 0.2) is 0 Å². The van der Waals surface area contributed by atoms with Gasteiger partial charge in [-0.25, -0.2) is 0 Å². The molecule has 0 saturated heterocycles. The standard InChI is InChI=1S/C14H24ClN3/c1-3-8-16-12-7-5-6-11(9-12)14-13(15)10-17-18(14)4-2/h10-12,16H,3-9H2,1-2H3. The number of nitrogens with zero attached hydrogens (tertiary/aromatic N) is 2. The number of aromatic nitrogens is 2. The molecule has 1 aromatic heterocycles. The Hall–Kier alpha value is -0.540. The summed E-state index contributed by atoms with van der Waals surface area (Å²) in [5, 5.41) is 8.85. The minimum Gasteiger partial charge on any atom is -0.314 e. The van der Waals surface area contributed by atoms with E-state index in [1.54, 1.807) is 6.20 Å². The zero-order valence-electron chi connectivity index (χ0n) is 11.5. The van der Waals surface area contributed by atoms with Crippen molar-refractivity contribution in [2.24, 2.45) is 0 Å². The number of rotatable bonds is 5. The largest absolute Gasteiger partial charge is 0.314 e. The van der Waals surface area contributed by atoms with Crippen LogP contribution in [0.3, 0.4) is 0 Å². The van der Waals surface area contributed by atoms with Crippen molar-refractivity contribution >= 4 is 11.6 Å². The molecule has 4 heteroatoms. The maximum atomic E-state index is 6.31. The minimum absolute atomic E-state index is 0.572. The van der Waals surface area contributed by atoms with Gasteiger partial charge in [-0.15, -0.1) is 0 Å². The molecule has 1 aliphatic rings. The number of halogens is 1. The summed E-state index contributed by atoms with van der Waals surface area (Å²) >= 11 is 6.31. The maximum absolute atomic E-state index is 6.31. The summed E-state index contributed by atoms with van der Waals surface area (Å²) in [7, 11) is 0. The molecule has 1 aliphatic carbocycles. The van der Waals surface area contributed by atoms with Crippen LogP contribution in [0.15, 0.2) is 6.20 Å². The fraction of sp³-hybridized carbons (Fsp3) is 0.786. The van der Waals surface area contributed by atoms with E-state index in [4.69, 9.17) is 11.6 Å². The van der Waals surface area contributed by atoms with E-state index in [1.165, 1.54) is 37.8 Å². The highest BCUT2D eigenvalue weighted by Crippen LogP contribution is 2.36. The third-order valence-corrected chi connectivity index (χ3v) is 4.17. The van der Waals surface area contributed by atoms with E-state index >= 15 is 0 Å². The van der Waals surface area contributed by atoms with Crippen LogP contribution < -0.4 is 5.32 Å². The molecule has 2 atom stereocenters. The Morgan fingerprint density at radius 3 is 3.00 bits per heavy atom. The second kappa shape index (κ2) is 6.58. The lowest BCUT2D eigenvalue weighted by molar-refractivity contribution is 0.329. The zero-order chi connectivity index (χ0) is 13.0. The van der Waals surface area contributed by atoms with E-state index < -0.39 is 0 Å². The molecule has 102 valence electrons. The molecule has 1 N–H and O–H groups in total. The summed E-state index contributed by atoms with van der Waals surface area (Å²) in [6, 6.07) is 0.653. The van der Waals surface area contributed by atoms with Crippen LogP contribution in [0.1, 0.15) is 57.6 Å². The summed E-state index contributed by atoms with van der Waals surface area (Å²) in [6.07, 6.45) is 8.03. The fourth-order valence-corrected chi connectivity index (χ4v) is 3.30. The van der Waals surface area contributed by atoms with Gasteiger partial charge in [-0.1, -0.05) is 24.9 Å². The van der Waals surface area contributed by atoms with Gasteiger partial charge in [0.1, 0.15) is 0 Å². The van der Waals surface area contributed by atoms with Gasteiger partial charge in [-0.3, -0.25) is 4.68 Å². The second-order valence-electron chi connectivity index (χ2n) is 5.21. The molecule has 2 rings (SSSR count). The highest BCUT2D eigenvalue weighted by Gasteiger charge is 2.26. The molecule has 0 radical (unpaired) electrons. The predicted molar refractivity (Wildman–Crippen MR) is 76.2 cm³/mol. The van der Waals surface area contributed by atoms with Crippen molar-refractivity contribution in [3.63, 3.8) is 0 Å². The molecule has 18 heavy (non-hydrogen) atoms. The van der Waals surface area contributed by atoms with E-state index in [1.807, 2.05) is 0 Å². The van der Waals surface area contributed by atoms with Gasteiger partial charge in [-0.2, -0.15) is 5.10 Å². The lowest BCUT2D eigenvalue weighted by atomic mass is 9.83. The van der Waals surface area contributed by atoms with E-state index in [0.29, 0.717) is 12.0 Å². The summed E-state index contributed by atoms with van der Waals surface area (Å²) in [6.45, 7) is 6.38. The Labute approximate surface area is 115 Å². The number of hydrogen-bond donors (Lipinski definition) is 1. The zero-order valence-corrected chi connectivity index (χ0v) is 12.2. The van der Waals surface area contributed by atoms with Crippen LogP contribution in [0.25, 0.3) is 0 Å². The topological polar surface area (TPSA) is 29.9 Å². The van der Waals surface area contributed by atoms with Crippen molar-refractivity contribution in [3.05, 3.63) is 16.9 Å². The first-order valence-corrected chi connectivity index (χ1v) is 7.58. The van der Waals surface area contributed by atoms with Crippen molar-refractivity contribution in [3.8, 4) is 0 Å². The van der Waals surface area contributed by atoms with Gasteiger partial charge in [0.25, 0.3) is 0 Å². The van der Waals surface area contributed by atoms with Crippen molar-refractivity contribution in [2.45, 2.75) is 64.5 Å². The molecule has 1 aromatic rings. The average Bonchev–Trinajstić information content (AvgIpc) is 2.78. The van der Waals surface area contributed by atoms with Crippen LogP contribution in [0.4, 0.5) is 0 Å².